The monoisotopic (exact) mass is 278 g/mol. The number of aliphatic hydroxyl groups excluding tert-OH is 2. The van der Waals surface area contributed by atoms with Crippen molar-refractivity contribution in [2.24, 2.45) is 0 Å². The van der Waals surface area contributed by atoms with Gasteiger partial charge in [0.1, 0.15) is 5.75 Å². The fourth-order valence-corrected chi connectivity index (χ4v) is 1.78. The van der Waals surface area contributed by atoms with E-state index in [1.54, 1.807) is 19.1 Å². The Hall–Kier alpha value is -1.81. The highest BCUT2D eigenvalue weighted by molar-refractivity contribution is 5.92. The Morgan fingerprint density at radius 1 is 1.35 bits per heavy atom. The van der Waals surface area contributed by atoms with Gasteiger partial charge in [0.2, 0.25) is 0 Å². The van der Waals surface area contributed by atoms with Crippen LogP contribution in [-0.4, -0.2) is 22.3 Å². The number of hydrogen-bond donors (Lipinski definition) is 2. The van der Waals surface area contributed by atoms with E-state index in [-0.39, 0.29) is 18.6 Å². The summed E-state index contributed by atoms with van der Waals surface area (Å²) in [6, 6.07) is 7.53. The second-order valence-corrected chi connectivity index (χ2v) is 4.60. The van der Waals surface area contributed by atoms with E-state index in [1.165, 1.54) is 11.6 Å². The summed E-state index contributed by atoms with van der Waals surface area (Å²) >= 11 is 0. The van der Waals surface area contributed by atoms with Crippen LogP contribution >= 0.6 is 0 Å². The maximum absolute atomic E-state index is 11.4. The van der Waals surface area contributed by atoms with Crippen molar-refractivity contribution in [1.29, 1.82) is 0 Å². The number of hydrogen-bond acceptors (Lipinski definition) is 4. The molecule has 0 radical (unpaired) electrons. The third-order valence-electron chi connectivity index (χ3n) is 2.91. The van der Waals surface area contributed by atoms with Crippen LogP contribution in [0.4, 0.5) is 0 Å². The smallest absolute Gasteiger partial charge is 0.197 e. The van der Waals surface area contributed by atoms with Gasteiger partial charge in [0.05, 0.1) is 0 Å². The summed E-state index contributed by atoms with van der Waals surface area (Å²) in [6.07, 6.45) is 2.57. The van der Waals surface area contributed by atoms with Crippen LogP contribution < -0.4 is 4.74 Å². The van der Waals surface area contributed by atoms with Gasteiger partial charge in [0, 0.05) is 12.8 Å². The Morgan fingerprint density at radius 2 is 2.00 bits per heavy atom. The van der Waals surface area contributed by atoms with Gasteiger partial charge in [-0.15, -0.1) is 0 Å². The fourth-order valence-electron chi connectivity index (χ4n) is 1.78. The molecule has 0 spiro atoms. The minimum Gasteiger partial charge on any atom is -0.505 e. The lowest BCUT2D eigenvalue weighted by atomic mass is 10.1. The zero-order valence-electron chi connectivity index (χ0n) is 12.0. The van der Waals surface area contributed by atoms with E-state index in [1.807, 2.05) is 12.1 Å². The van der Waals surface area contributed by atoms with Gasteiger partial charge in [-0.2, -0.15) is 0 Å². The van der Waals surface area contributed by atoms with Crippen LogP contribution in [0.25, 0.3) is 0 Å². The van der Waals surface area contributed by atoms with Crippen molar-refractivity contribution in [1.82, 2.24) is 0 Å². The Balaban J connectivity index is 2.42. The first-order valence-electron chi connectivity index (χ1n) is 6.89. The number of benzene rings is 1. The molecule has 20 heavy (non-hydrogen) atoms. The van der Waals surface area contributed by atoms with Crippen molar-refractivity contribution in [2.75, 3.05) is 0 Å². The van der Waals surface area contributed by atoms with Crippen LogP contribution in [0.1, 0.15) is 38.7 Å². The standard InChI is InChI=1S/C16H22O4/c1-3-5-12-6-8-13(9-7-12)20-16(19)11-10-15(18)14(17)4-2/h4,6-9,16-17,19H,3,5,10-11H2,1-2H3. The van der Waals surface area contributed by atoms with Gasteiger partial charge in [-0.25, -0.2) is 0 Å². The molecule has 1 aromatic carbocycles. The molecular weight excluding hydrogens is 256 g/mol. The van der Waals surface area contributed by atoms with E-state index < -0.39 is 12.1 Å². The van der Waals surface area contributed by atoms with Crippen LogP contribution in [0.3, 0.4) is 0 Å². The van der Waals surface area contributed by atoms with Crippen LogP contribution in [0.5, 0.6) is 5.75 Å². The van der Waals surface area contributed by atoms with Crippen LogP contribution in [-0.2, 0) is 11.2 Å². The van der Waals surface area contributed by atoms with E-state index in [0.717, 1.165) is 12.8 Å². The van der Waals surface area contributed by atoms with Crippen molar-refractivity contribution in [3.05, 3.63) is 41.7 Å². The molecule has 1 rings (SSSR count). The molecule has 0 aliphatic carbocycles. The average molecular weight is 278 g/mol. The summed E-state index contributed by atoms with van der Waals surface area (Å²) < 4.78 is 5.31. The maximum Gasteiger partial charge on any atom is 0.197 e. The molecule has 0 saturated carbocycles. The van der Waals surface area contributed by atoms with E-state index in [9.17, 15) is 15.0 Å². The molecule has 0 aliphatic heterocycles. The van der Waals surface area contributed by atoms with Crippen LogP contribution in [0.15, 0.2) is 36.1 Å². The molecule has 1 aromatic rings. The van der Waals surface area contributed by atoms with Gasteiger partial charge in [0.15, 0.2) is 17.8 Å². The molecule has 0 amide bonds. The molecule has 4 heteroatoms. The van der Waals surface area contributed by atoms with E-state index in [2.05, 4.69) is 6.92 Å². The number of rotatable bonds is 8. The molecule has 1 unspecified atom stereocenters. The molecule has 0 fully saturated rings. The molecule has 1 atom stereocenters. The molecule has 0 bridgehead atoms. The minimum atomic E-state index is -1.05. The van der Waals surface area contributed by atoms with Gasteiger partial charge in [-0.05, 0) is 37.1 Å². The van der Waals surface area contributed by atoms with Crippen molar-refractivity contribution >= 4 is 5.78 Å². The fraction of sp³-hybridized carbons (Fsp3) is 0.438. The summed E-state index contributed by atoms with van der Waals surface area (Å²) in [4.78, 5) is 11.4. The number of aliphatic hydroxyl groups is 2. The maximum atomic E-state index is 11.4. The first kappa shape index (κ1) is 16.2. The van der Waals surface area contributed by atoms with Gasteiger partial charge < -0.3 is 14.9 Å². The molecular formula is C16H22O4. The molecule has 0 aliphatic rings. The topological polar surface area (TPSA) is 66.8 Å². The van der Waals surface area contributed by atoms with E-state index >= 15 is 0 Å². The van der Waals surface area contributed by atoms with E-state index in [0.29, 0.717) is 5.75 Å². The highest BCUT2D eigenvalue weighted by Crippen LogP contribution is 2.16. The van der Waals surface area contributed by atoms with E-state index in [4.69, 9.17) is 4.74 Å². The van der Waals surface area contributed by atoms with Gasteiger partial charge in [-0.1, -0.05) is 25.5 Å². The second-order valence-electron chi connectivity index (χ2n) is 4.60. The predicted molar refractivity (Wildman–Crippen MR) is 77.7 cm³/mol. The Morgan fingerprint density at radius 3 is 2.55 bits per heavy atom. The third-order valence-corrected chi connectivity index (χ3v) is 2.91. The molecule has 0 aromatic heterocycles. The quantitative estimate of drug-likeness (QED) is 0.435. The first-order chi connectivity index (χ1) is 9.56. The average Bonchev–Trinajstić information content (AvgIpc) is 2.46. The number of ketones is 1. The minimum absolute atomic E-state index is 0.0469. The van der Waals surface area contributed by atoms with Crippen molar-refractivity contribution in [3.8, 4) is 5.75 Å². The van der Waals surface area contributed by atoms with Crippen molar-refractivity contribution in [3.63, 3.8) is 0 Å². The Kier molecular flexibility index (Phi) is 6.81. The molecule has 0 heterocycles. The normalized spacial score (nSPS) is 13.1. The van der Waals surface area contributed by atoms with Crippen LogP contribution in [0.2, 0.25) is 0 Å². The number of allylic oxidation sites excluding steroid dienone is 2. The summed E-state index contributed by atoms with van der Waals surface area (Å²) in [7, 11) is 0. The Bertz CT molecular complexity index is 448. The summed E-state index contributed by atoms with van der Waals surface area (Å²) in [5.41, 5.74) is 1.22. The third kappa shape index (κ3) is 5.45. The Labute approximate surface area is 119 Å². The molecule has 2 N–H and O–H groups in total. The number of carbonyl (C=O) groups excluding carboxylic acids is 1. The largest absolute Gasteiger partial charge is 0.505 e. The summed E-state index contributed by atoms with van der Waals surface area (Å²) in [5, 5.41) is 18.9. The van der Waals surface area contributed by atoms with Gasteiger partial charge in [0.25, 0.3) is 0 Å². The zero-order chi connectivity index (χ0) is 15.0. The number of Topliss-reactive ketones (excluding diaryl/α,β-unsaturated/α-hetero) is 1. The van der Waals surface area contributed by atoms with Gasteiger partial charge >= 0.3 is 0 Å². The predicted octanol–water partition coefficient (Wildman–Crippen LogP) is 3.15. The molecule has 0 saturated heterocycles. The highest BCUT2D eigenvalue weighted by Gasteiger charge is 2.12. The molecule has 110 valence electrons. The highest BCUT2D eigenvalue weighted by atomic mass is 16.6. The molecule has 4 nitrogen and oxygen atoms in total. The summed E-state index contributed by atoms with van der Waals surface area (Å²) in [6.45, 7) is 3.70. The first-order valence-corrected chi connectivity index (χ1v) is 6.89. The van der Waals surface area contributed by atoms with Gasteiger partial charge in [-0.3, -0.25) is 4.79 Å². The zero-order valence-corrected chi connectivity index (χ0v) is 12.0. The summed E-state index contributed by atoms with van der Waals surface area (Å²) in [5.74, 6) is -0.102. The number of carbonyl (C=O) groups is 1. The second kappa shape index (κ2) is 8.38. The SMILES string of the molecule is CC=C(O)C(=O)CCC(O)Oc1ccc(CCC)cc1. The lowest BCUT2D eigenvalue weighted by Crippen LogP contribution is -2.17. The van der Waals surface area contributed by atoms with Crippen molar-refractivity contribution in [2.45, 2.75) is 45.8 Å². The number of aryl methyl sites for hydroxylation is 1. The number of ether oxygens (including phenoxy) is 1. The van der Waals surface area contributed by atoms with Crippen LogP contribution in [0, 0.1) is 0 Å². The van der Waals surface area contributed by atoms with Crippen molar-refractivity contribution < 1.29 is 19.7 Å². The lowest BCUT2D eigenvalue weighted by Gasteiger charge is -2.13. The lowest BCUT2D eigenvalue weighted by molar-refractivity contribution is -0.119.